The van der Waals surface area contributed by atoms with Gasteiger partial charge in [-0.05, 0) is 37.6 Å². The highest BCUT2D eigenvalue weighted by Crippen LogP contribution is 2.26. The Labute approximate surface area is 136 Å². The molecule has 1 atom stereocenters. The first-order valence-corrected chi connectivity index (χ1v) is 7.78. The molecule has 0 aromatic heterocycles. The fraction of sp³-hybridized carbons (Fsp3) is 0.263. The molecule has 1 heterocycles. The molecule has 1 aliphatic heterocycles. The van der Waals surface area contributed by atoms with Gasteiger partial charge in [0, 0.05) is 24.3 Å². The lowest BCUT2D eigenvalue weighted by molar-refractivity contribution is -0.122. The molecule has 118 valence electrons. The molecule has 2 aromatic carbocycles. The van der Waals surface area contributed by atoms with Gasteiger partial charge in [-0.25, -0.2) is 0 Å². The Kier molecular flexibility index (Phi) is 4.15. The van der Waals surface area contributed by atoms with E-state index >= 15 is 0 Å². The van der Waals surface area contributed by atoms with Gasteiger partial charge in [0.25, 0.3) is 0 Å². The van der Waals surface area contributed by atoms with Crippen LogP contribution >= 0.6 is 0 Å². The van der Waals surface area contributed by atoms with Crippen LogP contribution in [0.1, 0.15) is 17.5 Å². The van der Waals surface area contributed by atoms with E-state index in [0.717, 1.165) is 22.5 Å². The molecule has 3 rings (SSSR count). The summed E-state index contributed by atoms with van der Waals surface area (Å²) >= 11 is 0. The highest BCUT2D eigenvalue weighted by atomic mass is 16.2. The first kappa shape index (κ1) is 15.3. The molecule has 23 heavy (non-hydrogen) atoms. The second kappa shape index (κ2) is 6.24. The van der Waals surface area contributed by atoms with Crippen molar-refractivity contribution in [3.63, 3.8) is 0 Å². The number of anilines is 2. The van der Waals surface area contributed by atoms with E-state index in [4.69, 9.17) is 0 Å². The number of nitrogens with one attached hydrogen (secondary N) is 1. The topological polar surface area (TPSA) is 49.4 Å². The third-order valence-corrected chi connectivity index (χ3v) is 4.24. The van der Waals surface area contributed by atoms with E-state index in [-0.39, 0.29) is 24.2 Å². The second-order valence-corrected chi connectivity index (χ2v) is 6.05. The maximum absolute atomic E-state index is 12.5. The highest BCUT2D eigenvalue weighted by Gasteiger charge is 2.35. The normalized spacial score (nSPS) is 17.4. The van der Waals surface area contributed by atoms with Gasteiger partial charge in [-0.2, -0.15) is 0 Å². The summed E-state index contributed by atoms with van der Waals surface area (Å²) in [5.41, 5.74) is 3.82. The van der Waals surface area contributed by atoms with Gasteiger partial charge in [0.2, 0.25) is 11.8 Å². The molecule has 0 saturated carbocycles. The first-order valence-electron chi connectivity index (χ1n) is 7.78. The Balaban J connectivity index is 1.71. The number of carbonyl (C=O) groups is 2. The maximum Gasteiger partial charge on any atom is 0.229 e. The fourth-order valence-corrected chi connectivity index (χ4v) is 2.81. The SMILES string of the molecule is Cc1ccc(N2C[C@@H](C(=O)Nc3ccccc3C)CC2=O)cc1. The van der Waals surface area contributed by atoms with Crippen molar-refractivity contribution in [2.45, 2.75) is 20.3 Å². The van der Waals surface area contributed by atoms with Gasteiger partial charge in [0.1, 0.15) is 0 Å². The zero-order chi connectivity index (χ0) is 16.4. The van der Waals surface area contributed by atoms with E-state index in [0.29, 0.717) is 6.54 Å². The number of carbonyl (C=O) groups excluding carboxylic acids is 2. The zero-order valence-electron chi connectivity index (χ0n) is 13.4. The minimum Gasteiger partial charge on any atom is -0.326 e. The molecule has 0 bridgehead atoms. The molecule has 1 N–H and O–H groups in total. The molecule has 2 aromatic rings. The Morgan fingerprint density at radius 3 is 2.48 bits per heavy atom. The summed E-state index contributed by atoms with van der Waals surface area (Å²) in [5.74, 6) is -0.413. The number of benzene rings is 2. The summed E-state index contributed by atoms with van der Waals surface area (Å²) < 4.78 is 0. The third-order valence-electron chi connectivity index (χ3n) is 4.24. The van der Waals surface area contributed by atoms with Crippen molar-refractivity contribution >= 4 is 23.2 Å². The van der Waals surface area contributed by atoms with Gasteiger partial charge in [0.05, 0.1) is 5.92 Å². The van der Waals surface area contributed by atoms with Crippen LogP contribution in [0.3, 0.4) is 0 Å². The van der Waals surface area contributed by atoms with Crippen molar-refractivity contribution in [3.8, 4) is 0 Å². The molecule has 0 radical (unpaired) electrons. The van der Waals surface area contributed by atoms with Crippen LogP contribution in [0.2, 0.25) is 0 Å². The van der Waals surface area contributed by atoms with E-state index in [1.807, 2.05) is 62.4 Å². The fourth-order valence-electron chi connectivity index (χ4n) is 2.81. The van der Waals surface area contributed by atoms with E-state index in [1.165, 1.54) is 0 Å². The van der Waals surface area contributed by atoms with Crippen molar-refractivity contribution < 1.29 is 9.59 Å². The number of rotatable bonds is 3. The molecule has 4 nitrogen and oxygen atoms in total. The molecular weight excluding hydrogens is 288 g/mol. The number of nitrogens with zero attached hydrogens (tertiary/aromatic N) is 1. The molecule has 2 amide bonds. The second-order valence-electron chi connectivity index (χ2n) is 6.05. The number of hydrogen-bond donors (Lipinski definition) is 1. The molecule has 0 unspecified atom stereocenters. The molecule has 4 heteroatoms. The molecule has 1 aliphatic rings. The van der Waals surface area contributed by atoms with Crippen molar-refractivity contribution in [1.29, 1.82) is 0 Å². The number of para-hydroxylation sites is 1. The van der Waals surface area contributed by atoms with Crippen LogP contribution in [0.15, 0.2) is 48.5 Å². The maximum atomic E-state index is 12.5. The van der Waals surface area contributed by atoms with E-state index < -0.39 is 0 Å². The lowest BCUT2D eigenvalue weighted by atomic mass is 10.1. The average molecular weight is 308 g/mol. The lowest BCUT2D eigenvalue weighted by Crippen LogP contribution is -2.28. The van der Waals surface area contributed by atoms with Crippen LogP contribution < -0.4 is 10.2 Å². The lowest BCUT2D eigenvalue weighted by Gasteiger charge is -2.17. The van der Waals surface area contributed by atoms with Crippen molar-refractivity contribution in [2.75, 3.05) is 16.8 Å². The van der Waals surface area contributed by atoms with Crippen molar-refractivity contribution in [2.24, 2.45) is 5.92 Å². The number of aryl methyl sites for hydroxylation is 2. The van der Waals surface area contributed by atoms with Crippen LogP contribution in [0.5, 0.6) is 0 Å². The Bertz CT molecular complexity index is 737. The van der Waals surface area contributed by atoms with Crippen LogP contribution in [-0.2, 0) is 9.59 Å². The summed E-state index contributed by atoms with van der Waals surface area (Å²) in [6.45, 7) is 4.39. The van der Waals surface area contributed by atoms with E-state index in [2.05, 4.69) is 5.32 Å². The molecule has 1 fully saturated rings. The quantitative estimate of drug-likeness (QED) is 0.946. The zero-order valence-corrected chi connectivity index (χ0v) is 13.4. The summed E-state index contributed by atoms with van der Waals surface area (Å²) in [4.78, 5) is 26.4. The van der Waals surface area contributed by atoms with Crippen molar-refractivity contribution in [1.82, 2.24) is 0 Å². The van der Waals surface area contributed by atoms with Gasteiger partial charge < -0.3 is 10.2 Å². The smallest absolute Gasteiger partial charge is 0.229 e. The van der Waals surface area contributed by atoms with Gasteiger partial charge in [-0.15, -0.1) is 0 Å². The van der Waals surface area contributed by atoms with Crippen LogP contribution in [0, 0.1) is 19.8 Å². The third kappa shape index (κ3) is 3.26. The Hall–Kier alpha value is -2.62. The van der Waals surface area contributed by atoms with E-state index in [1.54, 1.807) is 4.90 Å². The first-order chi connectivity index (χ1) is 11.0. The standard InChI is InChI=1S/C19H20N2O2/c1-13-7-9-16(10-8-13)21-12-15(11-18(21)22)19(23)20-17-6-4-3-5-14(17)2/h3-10,15H,11-12H2,1-2H3,(H,20,23)/t15-/m0/s1. The van der Waals surface area contributed by atoms with Crippen LogP contribution in [0.4, 0.5) is 11.4 Å². The van der Waals surface area contributed by atoms with Crippen molar-refractivity contribution in [3.05, 3.63) is 59.7 Å². The van der Waals surface area contributed by atoms with Crippen LogP contribution in [0.25, 0.3) is 0 Å². The number of amides is 2. The predicted molar refractivity (Wildman–Crippen MR) is 91.4 cm³/mol. The molecule has 1 saturated heterocycles. The van der Waals surface area contributed by atoms with Gasteiger partial charge in [-0.1, -0.05) is 35.9 Å². The van der Waals surface area contributed by atoms with E-state index in [9.17, 15) is 9.59 Å². The summed E-state index contributed by atoms with van der Waals surface area (Å²) in [5, 5.41) is 2.94. The monoisotopic (exact) mass is 308 g/mol. The number of hydrogen-bond acceptors (Lipinski definition) is 2. The summed E-state index contributed by atoms with van der Waals surface area (Å²) in [7, 11) is 0. The largest absolute Gasteiger partial charge is 0.326 e. The summed E-state index contributed by atoms with van der Waals surface area (Å²) in [6, 6.07) is 15.5. The molecule has 0 aliphatic carbocycles. The predicted octanol–water partition coefficient (Wildman–Crippen LogP) is 3.30. The summed E-state index contributed by atoms with van der Waals surface area (Å²) in [6.07, 6.45) is 0.256. The molecule has 0 spiro atoms. The average Bonchev–Trinajstić information content (AvgIpc) is 2.92. The highest BCUT2D eigenvalue weighted by molar-refractivity contribution is 6.03. The Morgan fingerprint density at radius 2 is 1.78 bits per heavy atom. The van der Waals surface area contributed by atoms with Gasteiger partial charge in [-0.3, -0.25) is 9.59 Å². The van der Waals surface area contributed by atoms with Gasteiger partial charge >= 0.3 is 0 Å². The van der Waals surface area contributed by atoms with Crippen LogP contribution in [-0.4, -0.2) is 18.4 Å². The molecular formula is C19H20N2O2. The van der Waals surface area contributed by atoms with Gasteiger partial charge in [0.15, 0.2) is 0 Å². The minimum absolute atomic E-state index is 0.00112. The Morgan fingerprint density at radius 1 is 1.09 bits per heavy atom. The minimum atomic E-state index is -0.316.